The normalized spacial score (nSPS) is 12.1. The zero-order valence-electron chi connectivity index (χ0n) is 9.37. The summed E-state index contributed by atoms with van der Waals surface area (Å²) in [6, 6.07) is 2.56. The molecule has 1 aromatic carbocycles. The van der Waals surface area contributed by atoms with Gasteiger partial charge in [-0.25, -0.2) is 9.18 Å². The highest BCUT2D eigenvalue weighted by atomic mass is 79.9. The number of methoxy groups -OCH3 is 1. The third-order valence-corrected chi connectivity index (χ3v) is 2.64. The van der Waals surface area contributed by atoms with Crippen LogP contribution in [0.3, 0.4) is 0 Å². The number of carbonyl (C=O) groups is 1. The Labute approximate surface area is 106 Å². The minimum absolute atomic E-state index is 0.0577. The summed E-state index contributed by atoms with van der Waals surface area (Å²) in [7, 11) is 1.30. The van der Waals surface area contributed by atoms with E-state index in [-0.39, 0.29) is 22.4 Å². The van der Waals surface area contributed by atoms with E-state index in [4.69, 9.17) is 4.74 Å². The van der Waals surface area contributed by atoms with E-state index < -0.39 is 17.9 Å². The van der Waals surface area contributed by atoms with Gasteiger partial charge in [0.25, 0.3) is 0 Å². The Hall–Kier alpha value is -1.14. The molecule has 0 radical (unpaired) electrons. The van der Waals surface area contributed by atoms with Crippen LogP contribution in [0.5, 0.6) is 5.75 Å². The number of halogens is 2. The number of aliphatic hydroxyl groups is 1. The van der Waals surface area contributed by atoms with Gasteiger partial charge in [0.1, 0.15) is 0 Å². The van der Waals surface area contributed by atoms with Crippen molar-refractivity contribution in [2.24, 2.45) is 0 Å². The number of benzene rings is 1. The molecule has 1 N–H and O–H groups in total. The van der Waals surface area contributed by atoms with E-state index >= 15 is 0 Å². The van der Waals surface area contributed by atoms with Crippen LogP contribution in [-0.2, 0) is 9.53 Å². The summed E-state index contributed by atoms with van der Waals surface area (Å²) in [5.74, 6) is -1.43. The number of esters is 1. The van der Waals surface area contributed by atoms with Gasteiger partial charge < -0.3 is 14.6 Å². The summed E-state index contributed by atoms with van der Waals surface area (Å²) in [5, 5.41) is 9.68. The Morgan fingerprint density at radius 3 is 2.76 bits per heavy atom. The van der Waals surface area contributed by atoms with Gasteiger partial charge in [0.15, 0.2) is 17.7 Å². The van der Waals surface area contributed by atoms with Crippen LogP contribution in [0.15, 0.2) is 16.6 Å². The van der Waals surface area contributed by atoms with Crippen molar-refractivity contribution in [2.45, 2.75) is 13.0 Å². The Balaban J connectivity index is 3.06. The summed E-state index contributed by atoms with van der Waals surface area (Å²) >= 11 is 2.98. The topological polar surface area (TPSA) is 55.8 Å². The Morgan fingerprint density at radius 1 is 1.59 bits per heavy atom. The highest BCUT2D eigenvalue weighted by Gasteiger charge is 2.21. The predicted octanol–water partition coefficient (Wildman–Crippen LogP) is 2.19. The fourth-order valence-electron chi connectivity index (χ4n) is 1.25. The van der Waals surface area contributed by atoms with Crippen molar-refractivity contribution < 1.29 is 23.8 Å². The molecule has 0 saturated carbocycles. The van der Waals surface area contributed by atoms with E-state index in [1.807, 2.05) is 0 Å². The molecular weight excluding hydrogens is 295 g/mol. The fraction of sp³-hybridized carbons (Fsp3) is 0.364. The molecule has 0 fully saturated rings. The van der Waals surface area contributed by atoms with E-state index in [9.17, 15) is 14.3 Å². The van der Waals surface area contributed by atoms with Crippen molar-refractivity contribution >= 4 is 21.9 Å². The molecule has 0 saturated heterocycles. The Bertz CT molecular complexity index is 422. The largest absolute Gasteiger partial charge is 0.494 e. The highest BCUT2D eigenvalue weighted by molar-refractivity contribution is 9.10. The van der Waals surface area contributed by atoms with Crippen LogP contribution in [0.25, 0.3) is 0 Å². The second kappa shape index (κ2) is 5.97. The van der Waals surface area contributed by atoms with Crippen LogP contribution >= 0.6 is 15.9 Å². The first-order valence-corrected chi connectivity index (χ1v) is 5.68. The van der Waals surface area contributed by atoms with Crippen LogP contribution in [0.4, 0.5) is 4.39 Å². The molecule has 0 aliphatic rings. The first-order valence-electron chi connectivity index (χ1n) is 4.88. The first-order chi connectivity index (χ1) is 8.01. The van der Waals surface area contributed by atoms with Crippen LogP contribution in [0.1, 0.15) is 18.6 Å². The van der Waals surface area contributed by atoms with Crippen molar-refractivity contribution in [3.63, 3.8) is 0 Å². The minimum Gasteiger partial charge on any atom is -0.494 e. The van der Waals surface area contributed by atoms with Crippen molar-refractivity contribution in [3.05, 3.63) is 28.0 Å². The molecule has 94 valence electrons. The highest BCUT2D eigenvalue weighted by Crippen LogP contribution is 2.30. The standard InChI is InChI=1S/C11H12BrFO4/c1-3-17-11(15)10(14)6-4-7(12)9(13)8(5-6)16-2/h4-5,10,14H,3H2,1-2H3. The summed E-state index contributed by atoms with van der Waals surface area (Å²) < 4.78 is 23.0. The van der Waals surface area contributed by atoms with E-state index in [0.29, 0.717) is 0 Å². The molecule has 0 bridgehead atoms. The molecule has 1 aromatic rings. The minimum atomic E-state index is -1.46. The molecular formula is C11H12BrFO4. The molecule has 0 aromatic heterocycles. The first kappa shape index (κ1) is 13.9. The maximum atomic E-state index is 13.4. The fourth-order valence-corrected chi connectivity index (χ4v) is 1.71. The van der Waals surface area contributed by atoms with Gasteiger partial charge in [-0.3, -0.25) is 0 Å². The summed E-state index contributed by atoms with van der Waals surface area (Å²) in [4.78, 5) is 11.3. The van der Waals surface area contributed by atoms with Crippen molar-refractivity contribution in [1.29, 1.82) is 0 Å². The smallest absolute Gasteiger partial charge is 0.339 e. The van der Waals surface area contributed by atoms with Gasteiger partial charge >= 0.3 is 5.97 Å². The lowest BCUT2D eigenvalue weighted by Gasteiger charge is -2.12. The number of aliphatic hydroxyl groups excluding tert-OH is 1. The molecule has 0 spiro atoms. The SMILES string of the molecule is CCOC(=O)C(O)c1cc(Br)c(F)c(OC)c1. The third kappa shape index (κ3) is 3.17. The number of hydrogen-bond donors (Lipinski definition) is 1. The van der Waals surface area contributed by atoms with Crippen LogP contribution in [0, 0.1) is 5.82 Å². The van der Waals surface area contributed by atoms with Gasteiger partial charge in [-0.1, -0.05) is 0 Å². The second-order valence-corrected chi connectivity index (χ2v) is 4.03. The Morgan fingerprint density at radius 2 is 2.24 bits per heavy atom. The van der Waals surface area contributed by atoms with Crippen LogP contribution < -0.4 is 4.74 Å². The van der Waals surface area contributed by atoms with Gasteiger partial charge in [-0.05, 0) is 40.5 Å². The Kier molecular flexibility index (Phi) is 4.89. The number of rotatable bonds is 4. The molecule has 0 heterocycles. The van der Waals surface area contributed by atoms with Gasteiger partial charge in [0.2, 0.25) is 0 Å². The quantitative estimate of drug-likeness (QED) is 0.866. The lowest BCUT2D eigenvalue weighted by atomic mass is 10.1. The average Bonchev–Trinajstić information content (AvgIpc) is 2.31. The lowest BCUT2D eigenvalue weighted by Crippen LogP contribution is -2.15. The molecule has 1 atom stereocenters. The number of ether oxygens (including phenoxy) is 2. The zero-order chi connectivity index (χ0) is 13.0. The van der Waals surface area contributed by atoms with E-state index in [0.717, 1.165) is 0 Å². The lowest BCUT2D eigenvalue weighted by molar-refractivity contribution is -0.153. The maximum absolute atomic E-state index is 13.4. The van der Waals surface area contributed by atoms with Crippen LogP contribution in [-0.4, -0.2) is 24.8 Å². The van der Waals surface area contributed by atoms with E-state index in [1.54, 1.807) is 6.92 Å². The van der Waals surface area contributed by atoms with Gasteiger partial charge in [-0.15, -0.1) is 0 Å². The monoisotopic (exact) mass is 306 g/mol. The molecule has 0 amide bonds. The molecule has 1 rings (SSSR count). The third-order valence-electron chi connectivity index (χ3n) is 2.06. The molecule has 0 aliphatic heterocycles. The molecule has 17 heavy (non-hydrogen) atoms. The molecule has 1 unspecified atom stereocenters. The molecule has 4 nitrogen and oxygen atoms in total. The zero-order valence-corrected chi connectivity index (χ0v) is 11.0. The van der Waals surface area contributed by atoms with Crippen molar-refractivity contribution in [1.82, 2.24) is 0 Å². The average molecular weight is 307 g/mol. The van der Waals surface area contributed by atoms with Crippen LogP contribution in [0.2, 0.25) is 0 Å². The summed E-state index contributed by atoms with van der Waals surface area (Å²) in [6.07, 6.45) is -1.46. The molecule has 6 heteroatoms. The summed E-state index contributed by atoms with van der Waals surface area (Å²) in [5.41, 5.74) is 0.202. The number of carbonyl (C=O) groups excluding carboxylic acids is 1. The second-order valence-electron chi connectivity index (χ2n) is 3.17. The van der Waals surface area contributed by atoms with Gasteiger partial charge in [-0.2, -0.15) is 0 Å². The van der Waals surface area contributed by atoms with E-state index in [2.05, 4.69) is 20.7 Å². The number of hydrogen-bond acceptors (Lipinski definition) is 4. The maximum Gasteiger partial charge on any atom is 0.339 e. The predicted molar refractivity (Wildman–Crippen MR) is 62.2 cm³/mol. The van der Waals surface area contributed by atoms with Gasteiger partial charge in [0.05, 0.1) is 18.2 Å². The van der Waals surface area contributed by atoms with E-state index in [1.165, 1.54) is 19.2 Å². The molecule has 0 aliphatic carbocycles. The summed E-state index contributed by atoms with van der Waals surface area (Å²) in [6.45, 7) is 1.79. The van der Waals surface area contributed by atoms with Crippen molar-refractivity contribution in [2.75, 3.05) is 13.7 Å². The van der Waals surface area contributed by atoms with Crippen molar-refractivity contribution in [3.8, 4) is 5.75 Å². The van der Waals surface area contributed by atoms with Gasteiger partial charge in [0, 0.05) is 0 Å².